The van der Waals surface area contributed by atoms with Gasteiger partial charge in [-0.1, -0.05) is 180 Å². The summed E-state index contributed by atoms with van der Waals surface area (Å²) in [7, 11) is 0. The van der Waals surface area contributed by atoms with Gasteiger partial charge in [-0.3, -0.25) is 4.79 Å². The van der Waals surface area contributed by atoms with E-state index in [0.29, 0.717) is 12.8 Å². The monoisotopic (exact) mass is 890 g/mol. The van der Waals surface area contributed by atoms with E-state index in [1.165, 1.54) is 0 Å². The first-order chi connectivity index (χ1) is 31.3. The quantitative estimate of drug-likeness (QED) is 0.0265. The van der Waals surface area contributed by atoms with Crippen LogP contribution in [0.4, 0.5) is 0 Å². The number of rotatable bonds is 38. The molecule has 0 radical (unpaired) electrons. The lowest BCUT2D eigenvalue weighted by molar-refractivity contribution is -0.302. The minimum absolute atomic E-state index is 0.210. The molecule has 1 aliphatic rings. The smallest absolute Gasteiger partial charge is 0.220 e. The second-order valence-corrected chi connectivity index (χ2v) is 16.2. The molecule has 6 N–H and O–H groups in total. The third kappa shape index (κ3) is 32.9. The van der Waals surface area contributed by atoms with Gasteiger partial charge in [-0.2, -0.15) is 0 Å². The lowest BCUT2D eigenvalue weighted by Gasteiger charge is -2.40. The van der Waals surface area contributed by atoms with E-state index in [-0.39, 0.29) is 12.5 Å². The summed E-state index contributed by atoms with van der Waals surface area (Å²) >= 11 is 0. The van der Waals surface area contributed by atoms with Crippen LogP contribution in [0, 0.1) is 0 Å². The maximum atomic E-state index is 12.9. The van der Waals surface area contributed by atoms with E-state index in [1.54, 1.807) is 6.08 Å². The van der Waals surface area contributed by atoms with Gasteiger partial charge >= 0.3 is 0 Å². The van der Waals surface area contributed by atoms with E-state index in [1.807, 2.05) is 6.08 Å². The van der Waals surface area contributed by atoms with Gasteiger partial charge < -0.3 is 40.3 Å². The number of hydrogen-bond donors (Lipinski definition) is 6. The summed E-state index contributed by atoms with van der Waals surface area (Å²) in [5, 5.41) is 53.8. The molecule has 1 amide bonds. The van der Waals surface area contributed by atoms with Gasteiger partial charge in [0.25, 0.3) is 0 Å². The molecule has 9 nitrogen and oxygen atoms in total. The van der Waals surface area contributed by atoms with Crippen molar-refractivity contribution < 1.29 is 39.8 Å². The topological polar surface area (TPSA) is 149 Å². The molecule has 1 heterocycles. The Balaban J connectivity index is 2.18. The van der Waals surface area contributed by atoms with E-state index in [9.17, 15) is 30.3 Å². The predicted octanol–water partition coefficient (Wildman–Crippen LogP) is 11.0. The van der Waals surface area contributed by atoms with Crippen LogP contribution >= 0.6 is 0 Å². The molecule has 7 atom stereocenters. The van der Waals surface area contributed by atoms with Gasteiger partial charge in [0.15, 0.2) is 6.29 Å². The van der Waals surface area contributed by atoms with E-state index >= 15 is 0 Å². The molecule has 1 rings (SSSR count). The van der Waals surface area contributed by atoms with Crippen molar-refractivity contribution in [1.29, 1.82) is 0 Å². The molecule has 9 heteroatoms. The SMILES string of the molecule is CC/C=C\C/C=C\C/C=C\C/C=C\C/C=C\C/C=C\C/C=C\C/C=C\C/C=C\C/C=C\CCCCCCC(=O)NC(COC1OC(CO)C(O)C(O)C1O)C(O)/C=C/CCCCCC. The summed E-state index contributed by atoms with van der Waals surface area (Å²) in [6.07, 6.45) is 59.7. The Morgan fingerprint density at radius 2 is 0.969 bits per heavy atom. The van der Waals surface area contributed by atoms with Crippen LogP contribution in [0.2, 0.25) is 0 Å². The Bertz CT molecular complexity index is 1450. The van der Waals surface area contributed by atoms with Crippen molar-refractivity contribution in [3.8, 4) is 0 Å². The van der Waals surface area contributed by atoms with Crippen LogP contribution in [0.15, 0.2) is 134 Å². The minimum atomic E-state index is -1.58. The molecule has 0 bridgehead atoms. The number of carbonyl (C=O) groups excluding carboxylic acids is 1. The number of carbonyl (C=O) groups is 1. The van der Waals surface area contributed by atoms with Crippen molar-refractivity contribution in [2.45, 2.75) is 192 Å². The molecule has 0 saturated carbocycles. The highest BCUT2D eigenvalue weighted by Crippen LogP contribution is 2.22. The number of amides is 1. The highest BCUT2D eigenvalue weighted by molar-refractivity contribution is 5.76. The zero-order valence-corrected chi connectivity index (χ0v) is 39.5. The van der Waals surface area contributed by atoms with Crippen LogP contribution in [0.1, 0.15) is 149 Å². The van der Waals surface area contributed by atoms with Crippen molar-refractivity contribution >= 4 is 5.91 Å². The van der Waals surface area contributed by atoms with Gasteiger partial charge in [-0.25, -0.2) is 0 Å². The van der Waals surface area contributed by atoms with E-state index in [4.69, 9.17) is 9.47 Å². The summed E-state index contributed by atoms with van der Waals surface area (Å²) in [6.45, 7) is 3.52. The minimum Gasteiger partial charge on any atom is -0.394 e. The zero-order valence-electron chi connectivity index (χ0n) is 39.5. The predicted molar refractivity (Wildman–Crippen MR) is 267 cm³/mol. The molecule has 0 aromatic rings. The van der Waals surface area contributed by atoms with E-state index in [2.05, 4.69) is 141 Å². The summed E-state index contributed by atoms with van der Waals surface area (Å²) < 4.78 is 11.1. The second-order valence-electron chi connectivity index (χ2n) is 16.2. The average molecular weight is 890 g/mol. The first-order valence-corrected chi connectivity index (χ1v) is 24.4. The van der Waals surface area contributed by atoms with Crippen molar-refractivity contribution in [3.63, 3.8) is 0 Å². The molecule has 1 aliphatic heterocycles. The summed E-state index contributed by atoms with van der Waals surface area (Å²) in [6, 6.07) is -0.825. The molecule has 0 aliphatic carbocycles. The molecule has 360 valence electrons. The van der Waals surface area contributed by atoms with Crippen LogP contribution in [-0.4, -0.2) is 87.5 Å². The first-order valence-electron chi connectivity index (χ1n) is 24.4. The second kappa shape index (κ2) is 43.2. The van der Waals surface area contributed by atoms with Crippen molar-refractivity contribution in [2.75, 3.05) is 13.2 Å². The Kier molecular flexibility index (Phi) is 39.4. The maximum Gasteiger partial charge on any atom is 0.220 e. The number of aliphatic hydroxyl groups excluding tert-OH is 5. The van der Waals surface area contributed by atoms with Gasteiger partial charge in [0, 0.05) is 6.42 Å². The van der Waals surface area contributed by atoms with Gasteiger partial charge in [-0.05, 0) is 96.3 Å². The fourth-order valence-electron chi connectivity index (χ4n) is 6.59. The third-order valence-electron chi connectivity index (χ3n) is 10.5. The van der Waals surface area contributed by atoms with Crippen molar-refractivity contribution in [2.24, 2.45) is 0 Å². The fourth-order valence-corrected chi connectivity index (χ4v) is 6.59. The zero-order chi connectivity index (χ0) is 46.6. The molecular formula is C55H87NO8. The number of hydrogen-bond acceptors (Lipinski definition) is 8. The molecule has 0 aromatic heterocycles. The number of allylic oxidation sites excluding steroid dienone is 21. The van der Waals surface area contributed by atoms with E-state index < -0.39 is 49.5 Å². The van der Waals surface area contributed by atoms with Gasteiger partial charge in [0.05, 0.1) is 25.4 Å². The van der Waals surface area contributed by atoms with Gasteiger partial charge in [0.1, 0.15) is 24.4 Å². The Morgan fingerprint density at radius 1 is 0.547 bits per heavy atom. The highest BCUT2D eigenvalue weighted by Gasteiger charge is 2.44. The fraction of sp³-hybridized carbons (Fsp3) is 0.582. The summed E-state index contributed by atoms with van der Waals surface area (Å²) in [5.74, 6) is -0.215. The lowest BCUT2D eigenvalue weighted by atomic mass is 9.99. The summed E-state index contributed by atoms with van der Waals surface area (Å²) in [4.78, 5) is 12.9. The van der Waals surface area contributed by atoms with Crippen LogP contribution < -0.4 is 5.32 Å². The maximum absolute atomic E-state index is 12.9. The van der Waals surface area contributed by atoms with Gasteiger partial charge in [-0.15, -0.1) is 0 Å². The van der Waals surface area contributed by atoms with Crippen molar-refractivity contribution in [3.05, 3.63) is 134 Å². The molecule has 0 aromatic carbocycles. The molecule has 1 saturated heterocycles. The standard InChI is InChI=1S/C55H87NO8/c1-3-5-7-9-11-12-13-14-15-16-17-18-19-20-21-22-23-24-25-26-27-28-29-30-31-32-33-34-35-36-37-38-39-41-43-45-51(59)56-48(49(58)44-42-40-10-8-6-4-2)47-63-55-54(62)53(61)52(60)50(46-57)64-55/h5,7,11-12,14-15,17-18,20-21,23-24,26-27,29-30,32-33,35-36,42,44,48-50,52-55,57-58,60-62H,3-4,6,8-10,13,16,19,22,25,28,31,34,37-41,43,45-47H2,1-2H3,(H,56,59)/b7-5-,12-11-,15-14-,18-17-,21-20-,24-23-,27-26-,30-29-,33-32-,36-35-,44-42+. The van der Waals surface area contributed by atoms with Crippen molar-refractivity contribution in [1.82, 2.24) is 5.32 Å². The normalized spacial score (nSPS) is 21.3. The number of aliphatic hydroxyl groups is 5. The number of ether oxygens (including phenoxy) is 2. The lowest BCUT2D eigenvalue weighted by Crippen LogP contribution is -2.60. The van der Waals surface area contributed by atoms with Crippen LogP contribution in [0.25, 0.3) is 0 Å². The van der Waals surface area contributed by atoms with Crippen LogP contribution in [0.3, 0.4) is 0 Å². The third-order valence-corrected chi connectivity index (χ3v) is 10.5. The molecule has 7 unspecified atom stereocenters. The number of unbranched alkanes of at least 4 members (excludes halogenated alkanes) is 8. The molecule has 64 heavy (non-hydrogen) atoms. The average Bonchev–Trinajstić information content (AvgIpc) is 3.29. The largest absolute Gasteiger partial charge is 0.394 e. The van der Waals surface area contributed by atoms with Crippen LogP contribution in [-0.2, 0) is 14.3 Å². The highest BCUT2D eigenvalue weighted by atomic mass is 16.7. The number of nitrogens with one attached hydrogen (secondary N) is 1. The molecular weight excluding hydrogens is 803 g/mol. The van der Waals surface area contributed by atoms with Gasteiger partial charge in [0.2, 0.25) is 5.91 Å². The van der Waals surface area contributed by atoms with Crippen LogP contribution in [0.5, 0.6) is 0 Å². The molecule has 1 fully saturated rings. The Morgan fingerprint density at radius 3 is 1.42 bits per heavy atom. The molecule has 0 spiro atoms. The Labute approximate surface area is 388 Å². The first kappa shape index (κ1) is 58.3. The van der Waals surface area contributed by atoms with E-state index in [0.717, 1.165) is 122 Å². The summed E-state index contributed by atoms with van der Waals surface area (Å²) in [5.41, 5.74) is 0. The Hall–Kier alpha value is -3.67.